The van der Waals surface area contributed by atoms with E-state index in [4.69, 9.17) is 9.84 Å². The van der Waals surface area contributed by atoms with Gasteiger partial charge in [0.1, 0.15) is 0 Å². The van der Waals surface area contributed by atoms with Crippen LogP contribution in [0.25, 0.3) is 0 Å². The zero-order chi connectivity index (χ0) is 15.0. The number of hydrogen-bond acceptors (Lipinski definition) is 3. The van der Waals surface area contributed by atoms with Gasteiger partial charge in [0.2, 0.25) is 0 Å². The third kappa shape index (κ3) is 7.33. The summed E-state index contributed by atoms with van der Waals surface area (Å²) < 4.78 is 5.48. The molecule has 1 rings (SSSR count). The molecule has 6 heteroatoms. The largest absolute Gasteiger partial charge is 0.481 e. The minimum atomic E-state index is -0.826. The Hall–Kier alpha value is -1.30. The molecule has 6 nitrogen and oxygen atoms in total. The SMILES string of the molecule is CCC(CNC(=O)N(C)CCOCC1CC1)CC(=O)O. The lowest BCUT2D eigenvalue weighted by Crippen LogP contribution is -2.41. The van der Waals surface area contributed by atoms with Crippen LogP contribution in [0.4, 0.5) is 4.79 Å². The van der Waals surface area contributed by atoms with Gasteiger partial charge in [-0.25, -0.2) is 4.79 Å². The van der Waals surface area contributed by atoms with Crippen molar-refractivity contribution >= 4 is 12.0 Å². The van der Waals surface area contributed by atoms with E-state index in [1.54, 1.807) is 11.9 Å². The van der Waals surface area contributed by atoms with Crippen LogP contribution >= 0.6 is 0 Å². The number of carbonyl (C=O) groups excluding carboxylic acids is 1. The predicted octanol–water partition coefficient (Wildman–Crippen LogP) is 1.56. The molecule has 0 heterocycles. The van der Waals surface area contributed by atoms with Gasteiger partial charge in [-0.2, -0.15) is 0 Å². The number of likely N-dealkylation sites (N-methyl/N-ethyl adjacent to an activating group) is 1. The highest BCUT2D eigenvalue weighted by Gasteiger charge is 2.21. The van der Waals surface area contributed by atoms with Crippen LogP contribution in [0.15, 0.2) is 0 Å². The van der Waals surface area contributed by atoms with Gasteiger partial charge in [-0.1, -0.05) is 13.3 Å². The first-order chi connectivity index (χ1) is 9.52. The Kier molecular flexibility index (Phi) is 7.36. The van der Waals surface area contributed by atoms with E-state index in [1.165, 1.54) is 12.8 Å². The molecule has 1 saturated carbocycles. The number of ether oxygens (including phenoxy) is 1. The Morgan fingerprint density at radius 2 is 2.15 bits per heavy atom. The Labute approximate surface area is 120 Å². The molecule has 0 aromatic rings. The van der Waals surface area contributed by atoms with E-state index >= 15 is 0 Å². The maximum absolute atomic E-state index is 11.8. The number of carboxylic acid groups (broad SMARTS) is 1. The normalized spacial score (nSPS) is 15.7. The zero-order valence-corrected chi connectivity index (χ0v) is 12.4. The number of nitrogens with zero attached hydrogens (tertiary/aromatic N) is 1. The van der Waals surface area contributed by atoms with Crippen LogP contribution in [-0.4, -0.2) is 55.4 Å². The van der Waals surface area contributed by atoms with Crippen molar-refractivity contribution < 1.29 is 19.4 Å². The third-order valence-electron chi connectivity index (χ3n) is 3.55. The van der Waals surface area contributed by atoms with Crippen LogP contribution in [0.5, 0.6) is 0 Å². The molecule has 0 saturated heterocycles. The van der Waals surface area contributed by atoms with Crippen molar-refractivity contribution in [2.75, 3.05) is 33.4 Å². The molecule has 1 fully saturated rings. The average molecular weight is 286 g/mol. The van der Waals surface area contributed by atoms with Gasteiger partial charge in [0.25, 0.3) is 0 Å². The predicted molar refractivity (Wildman–Crippen MR) is 75.6 cm³/mol. The smallest absolute Gasteiger partial charge is 0.317 e. The van der Waals surface area contributed by atoms with E-state index in [-0.39, 0.29) is 18.4 Å². The molecule has 1 atom stereocenters. The lowest BCUT2D eigenvalue weighted by molar-refractivity contribution is -0.138. The van der Waals surface area contributed by atoms with Gasteiger partial charge in [0.05, 0.1) is 6.61 Å². The molecule has 2 amide bonds. The van der Waals surface area contributed by atoms with Gasteiger partial charge in [-0.15, -0.1) is 0 Å². The fourth-order valence-corrected chi connectivity index (χ4v) is 1.81. The van der Waals surface area contributed by atoms with E-state index in [9.17, 15) is 9.59 Å². The van der Waals surface area contributed by atoms with Crippen LogP contribution in [-0.2, 0) is 9.53 Å². The number of nitrogens with one attached hydrogen (secondary N) is 1. The number of carbonyl (C=O) groups is 2. The summed E-state index contributed by atoms with van der Waals surface area (Å²) >= 11 is 0. The van der Waals surface area contributed by atoms with Gasteiger partial charge < -0.3 is 20.1 Å². The monoisotopic (exact) mass is 286 g/mol. The second-order valence-corrected chi connectivity index (χ2v) is 5.50. The molecule has 0 aromatic carbocycles. The number of carboxylic acids is 1. The maximum atomic E-state index is 11.8. The summed E-state index contributed by atoms with van der Waals surface area (Å²) in [7, 11) is 1.72. The van der Waals surface area contributed by atoms with Crippen molar-refractivity contribution in [3.8, 4) is 0 Å². The number of urea groups is 1. The summed E-state index contributed by atoms with van der Waals surface area (Å²) in [5.74, 6) is -0.112. The van der Waals surface area contributed by atoms with Gasteiger partial charge in [0.15, 0.2) is 0 Å². The molecule has 0 radical (unpaired) electrons. The van der Waals surface area contributed by atoms with Crippen molar-refractivity contribution in [2.45, 2.75) is 32.6 Å². The summed E-state index contributed by atoms with van der Waals surface area (Å²) in [6.45, 7) is 4.22. The molecule has 1 aliphatic carbocycles. The van der Waals surface area contributed by atoms with E-state index in [0.717, 1.165) is 18.9 Å². The molecule has 1 aliphatic rings. The highest BCUT2D eigenvalue weighted by molar-refractivity contribution is 5.74. The average Bonchev–Trinajstić information content (AvgIpc) is 3.22. The van der Waals surface area contributed by atoms with Gasteiger partial charge >= 0.3 is 12.0 Å². The first-order valence-electron chi connectivity index (χ1n) is 7.31. The topological polar surface area (TPSA) is 78.9 Å². The first-order valence-corrected chi connectivity index (χ1v) is 7.31. The van der Waals surface area contributed by atoms with Crippen molar-refractivity contribution in [1.82, 2.24) is 10.2 Å². The Bertz CT molecular complexity index is 318. The Morgan fingerprint density at radius 3 is 2.70 bits per heavy atom. The Balaban J connectivity index is 2.10. The summed E-state index contributed by atoms with van der Waals surface area (Å²) in [6.07, 6.45) is 3.35. The fraction of sp³-hybridized carbons (Fsp3) is 0.857. The van der Waals surface area contributed by atoms with Crippen LogP contribution in [0.1, 0.15) is 32.6 Å². The quantitative estimate of drug-likeness (QED) is 0.597. The molecular weight excluding hydrogens is 260 g/mol. The highest BCUT2D eigenvalue weighted by Crippen LogP contribution is 2.28. The second kappa shape index (κ2) is 8.79. The first kappa shape index (κ1) is 16.8. The van der Waals surface area contributed by atoms with Gasteiger partial charge in [0, 0.05) is 33.2 Å². The molecule has 116 valence electrons. The lowest BCUT2D eigenvalue weighted by atomic mass is 10.0. The zero-order valence-electron chi connectivity index (χ0n) is 12.4. The molecule has 1 unspecified atom stereocenters. The molecule has 20 heavy (non-hydrogen) atoms. The lowest BCUT2D eigenvalue weighted by Gasteiger charge is -2.20. The molecular formula is C14H26N2O4. The van der Waals surface area contributed by atoms with E-state index in [1.807, 2.05) is 6.92 Å². The summed E-state index contributed by atoms with van der Waals surface area (Å²) in [5, 5.41) is 11.5. The summed E-state index contributed by atoms with van der Waals surface area (Å²) in [6, 6.07) is -0.177. The molecule has 0 aromatic heterocycles. The summed E-state index contributed by atoms with van der Waals surface area (Å²) in [5.41, 5.74) is 0. The van der Waals surface area contributed by atoms with Crippen molar-refractivity contribution in [3.05, 3.63) is 0 Å². The Morgan fingerprint density at radius 1 is 1.45 bits per heavy atom. The van der Waals surface area contributed by atoms with Crippen molar-refractivity contribution in [2.24, 2.45) is 11.8 Å². The van der Waals surface area contributed by atoms with Crippen LogP contribution in [0, 0.1) is 11.8 Å². The van der Waals surface area contributed by atoms with Gasteiger partial charge in [-0.3, -0.25) is 4.79 Å². The van der Waals surface area contributed by atoms with Crippen LogP contribution < -0.4 is 5.32 Å². The van der Waals surface area contributed by atoms with Crippen LogP contribution in [0.3, 0.4) is 0 Å². The number of amides is 2. The number of hydrogen-bond donors (Lipinski definition) is 2. The standard InChI is InChI=1S/C14H26N2O4/c1-3-11(8-13(17)18)9-15-14(19)16(2)6-7-20-10-12-4-5-12/h11-12H,3-10H2,1-2H3,(H,15,19)(H,17,18). The summed E-state index contributed by atoms with van der Waals surface area (Å²) in [4.78, 5) is 24.0. The minimum Gasteiger partial charge on any atom is -0.481 e. The van der Waals surface area contributed by atoms with Crippen molar-refractivity contribution in [3.63, 3.8) is 0 Å². The van der Waals surface area contributed by atoms with E-state index in [0.29, 0.717) is 19.7 Å². The highest BCUT2D eigenvalue weighted by atomic mass is 16.5. The molecule has 0 bridgehead atoms. The number of rotatable bonds is 10. The maximum Gasteiger partial charge on any atom is 0.317 e. The minimum absolute atomic E-state index is 0.0176. The van der Waals surface area contributed by atoms with Gasteiger partial charge in [-0.05, 0) is 24.7 Å². The molecule has 0 spiro atoms. The molecule has 0 aliphatic heterocycles. The second-order valence-electron chi connectivity index (χ2n) is 5.50. The van der Waals surface area contributed by atoms with E-state index < -0.39 is 5.97 Å². The van der Waals surface area contributed by atoms with Crippen molar-refractivity contribution in [1.29, 1.82) is 0 Å². The number of aliphatic carboxylic acids is 1. The van der Waals surface area contributed by atoms with Crippen LogP contribution in [0.2, 0.25) is 0 Å². The fourth-order valence-electron chi connectivity index (χ4n) is 1.81. The molecule has 2 N–H and O–H groups in total. The van der Waals surface area contributed by atoms with E-state index in [2.05, 4.69) is 5.32 Å². The third-order valence-corrected chi connectivity index (χ3v) is 3.55.